The predicted octanol–water partition coefficient (Wildman–Crippen LogP) is 2.26. The maximum atomic E-state index is 13.8. The molecule has 0 atom stereocenters. The molecule has 0 bridgehead atoms. The van der Waals surface area contributed by atoms with E-state index in [0.717, 1.165) is 4.68 Å². The van der Waals surface area contributed by atoms with Crippen LogP contribution in [0.25, 0.3) is 0 Å². The van der Waals surface area contributed by atoms with Crippen LogP contribution in [0.3, 0.4) is 0 Å². The Bertz CT molecular complexity index is 948. The molecule has 2 aromatic heterocycles. The zero-order valence-electron chi connectivity index (χ0n) is 13.3. The van der Waals surface area contributed by atoms with E-state index in [2.05, 4.69) is 15.5 Å². The van der Waals surface area contributed by atoms with Crippen LogP contribution in [-0.4, -0.2) is 36.5 Å². The van der Waals surface area contributed by atoms with E-state index in [9.17, 15) is 14.0 Å². The van der Waals surface area contributed by atoms with Crippen molar-refractivity contribution >= 4 is 29.3 Å². The fourth-order valence-corrected chi connectivity index (χ4v) is 2.54. The standard InChI is InChI=1S/C16H13ClFN5O3/c17-11-2-1-3-12(18)10(11)8-22-7-5-14(21-22)20-15(24)9-23-13(16(25)26)4-6-19-23/h1-7H,8-9H2,(H,25,26)(H,20,21,24). The maximum absolute atomic E-state index is 13.8. The Labute approximate surface area is 151 Å². The number of nitrogens with zero attached hydrogens (tertiary/aromatic N) is 4. The number of halogens is 2. The van der Waals surface area contributed by atoms with E-state index in [1.807, 2.05) is 0 Å². The number of rotatable bonds is 6. The van der Waals surface area contributed by atoms with E-state index in [1.165, 1.54) is 35.1 Å². The smallest absolute Gasteiger partial charge is 0.354 e. The summed E-state index contributed by atoms with van der Waals surface area (Å²) >= 11 is 5.98. The number of hydrogen-bond acceptors (Lipinski definition) is 4. The van der Waals surface area contributed by atoms with Gasteiger partial charge in [0, 0.05) is 29.0 Å². The lowest BCUT2D eigenvalue weighted by Gasteiger charge is -2.06. The number of amides is 1. The summed E-state index contributed by atoms with van der Waals surface area (Å²) in [7, 11) is 0. The van der Waals surface area contributed by atoms with Crippen molar-refractivity contribution in [1.29, 1.82) is 0 Å². The fraction of sp³-hybridized carbons (Fsp3) is 0.125. The van der Waals surface area contributed by atoms with Crippen molar-refractivity contribution in [3.8, 4) is 0 Å². The number of carboxylic acids is 1. The Morgan fingerprint density at radius 2 is 2.08 bits per heavy atom. The molecule has 8 nitrogen and oxygen atoms in total. The van der Waals surface area contributed by atoms with Gasteiger partial charge in [0.1, 0.15) is 18.1 Å². The molecular weight excluding hydrogens is 365 g/mol. The van der Waals surface area contributed by atoms with E-state index in [0.29, 0.717) is 0 Å². The summed E-state index contributed by atoms with van der Waals surface area (Å²) < 4.78 is 16.3. The van der Waals surface area contributed by atoms with Gasteiger partial charge in [-0.15, -0.1) is 0 Å². The molecule has 2 heterocycles. The Hall–Kier alpha value is -3.20. The number of benzene rings is 1. The number of carboxylic acid groups (broad SMARTS) is 1. The second-order valence-electron chi connectivity index (χ2n) is 5.33. The molecule has 134 valence electrons. The highest BCUT2D eigenvalue weighted by atomic mass is 35.5. The van der Waals surface area contributed by atoms with Crippen molar-refractivity contribution in [2.75, 3.05) is 5.32 Å². The Morgan fingerprint density at radius 3 is 2.81 bits per heavy atom. The summed E-state index contributed by atoms with van der Waals surface area (Å²) in [6.45, 7) is -0.176. The second kappa shape index (κ2) is 7.36. The predicted molar refractivity (Wildman–Crippen MR) is 90.6 cm³/mol. The molecule has 2 N–H and O–H groups in total. The van der Waals surface area contributed by atoms with E-state index in [4.69, 9.17) is 16.7 Å². The highest BCUT2D eigenvalue weighted by molar-refractivity contribution is 6.31. The molecule has 0 unspecified atom stereocenters. The van der Waals surface area contributed by atoms with E-state index >= 15 is 0 Å². The average molecular weight is 378 g/mol. The molecule has 0 saturated carbocycles. The lowest BCUT2D eigenvalue weighted by molar-refractivity contribution is -0.116. The molecule has 0 spiro atoms. The lowest BCUT2D eigenvalue weighted by atomic mass is 10.2. The SMILES string of the molecule is O=C(Cn1nccc1C(=O)O)Nc1ccn(Cc2c(F)cccc2Cl)n1. The van der Waals surface area contributed by atoms with Gasteiger partial charge in [-0.25, -0.2) is 13.9 Å². The summed E-state index contributed by atoms with van der Waals surface area (Å²) in [6.07, 6.45) is 2.86. The average Bonchev–Trinajstić information content (AvgIpc) is 3.20. The van der Waals surface area contributed by atoms with Crippen LogP contribution in [0.4, 0.5) is 10.2 Å². The first-order valence-electron chi connectivity index (χ1n) is 7.45. The van der Waals surface area contributed by atoms with Gasteiger partial charge < -0.3 is 10.4 Å². The third-order valence-electron chi connectivity index (χ3n) is 3.52. The number of aromatic nitrogens is 4. The first-order valence-corrected chi connectivity index (χ1v) is 7.83. The Kier molecular flexibility index (Phi) is 4.99. The number of carbonyl (C=O) groups is 2. The van der Waals surface area contributed by atoms with Gasteiger partial charge in [0.15, 0.2) is 5.82 Å². The van der Waals surface area contributed by atoms with Crippen molar-refractivity contribution in [3.05, 3.63) is 64.8 Å². The largest absolute Gasteiger partial charge is 0.477 e. The molecular formula is C16H13ClFN5O3. The van der Waals surface area contributed by atoms with Crippen molar-refractivity contribution in [3.63, 3.8) is 0 Å². The monoisotopic (exact) mass is 377 g/mol. The van der Waals surface area contributed by atoms with Gasteiger partial charge in [0.2, 0.25) is 5.91 Å². The van der Waals surface area contributed by atoms with Crippen LogP contribution in [0, 0.1) is 5.82 Å². The summed E-state index contributed by atoms with van der Waals surface area (Å²) in [6, 6.07) is 7.22. The van der Waals surface area contributed by atoms with Gasteiger partial charge >= 0.3 is 5.97 Å². The van der Waals surface area contributed by atoms with Gasteiger partial charge in [-0.2, -0.15) is 10.2 Å². The number of anilines is 1. The highest BCUT2D eigenvalue weighted by Crippen LogP contribution is 2.20. The second-order valence-corrected chi connectivity index (χ2v) is 5.73. The van der Waals surface area contributed by atoms with Gasteiger partial charge in [-0.3, -0.25) is 9.48 Å². The molecule has 3 aromatic rings. The Morgan fingerprint density at radius 1 is 1.27 bits per heavy atom. The lowest BCUT2D eigenvalue weighted by Crippen LogP contribution is -2.22. The molecule has 3 rings (SSSR count). The molecule has 0 saturated heterocycles. The van der Waals surface area contributed by atoms with E-state index in [1.54, 1.807) is 12.3 Å². The zero-order valence-corrected chi connectivity index (χ0v) is 14.0. The van der Waals surface area contributed by atoms with Gasteiger partial charge in [-0.05, 0) is 18.2 Å². The zero-order chi connectivity index (χ0) is 18.7. The minimum atomic E-state index is -1.18. The van der Waals surface area contributed by atoms with Crippen molar-refractivity contribution in [1.82, 2.24) is 19.6 Å². The van der Waals surface area contributed by atoms with Crippen LogP contribution in [0.5, 0.6) is 0 Å². The topological polar surface area (TPSA) is 102 Å². The van der Waals surface area contributed by atoms with Crippen molar-refractivity contribution < 1.29 is 19.1 Å². The molecule has 0 aliphatic carbocycles. The van der Waals surface area contributed by atoms with Gasteiger partial charge in [0.25, 0.3) is 0 Å². The maximum Gasteiger partial charge on any atom is 0.354 e. The normalized spacial score (nSPS) is 10.7. The van der Waals surface area contributed by atoms with E-state index < -0.39 is 17.7 Å². The molecule has 0 fully saturated rings. The molecule has 0 aliphatic rings. The van der Waals surface area contributed by atoms with Gasteiger partial charge in [0.05, 0.1) is 6.54 Å². The van der Waals surface area contributed by atoms with Crippen molar-refractivity contribution in [2.24, 2.45) is 0 Å². The number of nitrogens with one attached hydrogen (secondary N) is 1. The third kappa shape index (κ3) is 3.89. The highest BCUT2D eigenvalue weighted by Gasteiger charge is 2.14. The van der Waals surface area contributed by atoms with Crippen molar-refractivity contribution in [2.45, 2.75) is 13.1 Å². The summed E-state index contributed by atoms with van der Waals surface area (Å²) in [5, 5.41) is 19.7. The fourth-order valence-electron chi connectivity index (χ4n) is 2.32. The molecule has 1 aromatic carbocycles. The van der Waals surface area contributed by atoms with Crippen LogP contribution in [0.1, 0.15) is 16.1 Å². The number of hydrogen-bond donors (Lipinski definition) is 2. The quantitative estimate of drug-likeness (QED) is 0.686. The summed E-state index contributed by atoms with van der Waals surface area (Å²) in [5.41, 5.74) is 0.192. The minimum Gasteiger partial charge on any atom is -0.477 e. The Balaban J connectivity index is 1.66. The number of aromatic carboxylic acids is 1. The van der Waals surface area contributed by atoms with Gasteiger partial charge in [-0.1, -0.05) is 17.7 Å². The first-order chi connectivity index (χ1) is 12.4. The van der Waals surface area contributed by atoms with E-state index in [-0.39, 0.29) is 35.2 Å². The van der Waals surface area contributed by atoms with Crippen LogP contribution < -0.4 is 5.32 Å². The molecule has 26 heavy (non-hydrogen) atoms. The molecule has 0 aliphatic heterocycles. The molecule has 0 radical (unpaired) electrons. The summed E-state index contributed by atoms with van der Waals surface area (Å²) in [4.78, 5) is 23.0. The van der Waals surface area contributed by atoms with Crippen LogP contribution >= 0.6 is 11.6 Å². The molecule has 10 heteroatoms. The van der Waals surface area contributed by atoms with Crippen LogP contribution in [0.2, 0.25) is 5.02 Å². The summed E-state index contributed by atoms with van der Waals surface area (Å²) in [5.74, 6) is -1.88. The first kappa shape index (κ1) is 17.6. The number of carbonyl (C=O) groups excluding carboxylic acids is 1. The van der Waals surface area contributed by atoms with Crippen LogP contribution in [0.15, 0.2) is 42.7 Å². The third-order valence-corrected chi connectivity index (χ3v) is 3.87. The van der Waals surface area contributed by atoms with Crippen LogP contribution in [-0.2, 0) is 17.9 Å². The molecule has 1 amide bonds. The minimum absolute atomic E-state index is 0.0973.